The second-order valence-corrected chi connectivity index (χ2v) is 6.93. The van der Waals surface area contributed by atoms with Gasteiger partial charge in [-0.1, -0.05) is 0 Å². The first-order chi connectivity index (χ1) is 8.91. The summed E-state index contributed by atoms with van der Waals surface area (Å²) in [6, 6.07) is 0. The van der Waals surface area contributed by atoms with E-state index in [0.717, 1.165) is 30.9 Å². The van der Waals surface area contributed by atoms with Crippen molar-refractivity contribution < 1.29 is 0 Å². The molecule has 0 aliphatic heterocycles. The lowest BCUT2D eigenvalue weighted by molar-refractivity contribution is 0.485. The Bertz CT molecular complexity index is 546. The van der Waals surface area contributed by atoms with E-state index in [1.165, 1.54) is 18.5 Å². The molecule has 104 valence electrons. The summed E-state index contributed by atoms with van der Waals surface area (Å²) >= 11 is 4.73. The molecule has 0 aliphatic rings. The van der Waals surface area contributed by atoms with Crippen LogP contribution in [0.3, 0.4) is 0 Å². The van der Waals surface area contributed by atoms with Crippen LogP contribution in [0.1, 0.15) is 29.2 Å². The van der Waals surface area contributed by atoms with Crippen LogP contribution < -0.4 is 0 Å². The highest BCUT2D eigenvalue weighted by atomic mass is 127. The molecule has 0 unspecified atom stereocenters. The van der Waals surface area contributed by atoms with Crippen LogP contribution in [0, 0.1) is 34.8 Å². The van der Waals surface area contributed by atoms with Crippen LogP contribution in [0.5, 0.6) is 0 Å². The van der Waals surface area contributed by atoms with E-state index in [4.69, 9.17) is 0 Å². The molecular weight excluding hydrogens is 466 g/mol. The van der Waals surface area contributed by atoms with Crippen molar-refractivity contribution >= 4 is 45.2 Å². The van der Waals surface area contributed by atoms with Crippen molar-refractivity contribution in [3.8, 4) is 0 Å². The second kappa shape index (κ2) is 6.11. The average molecular weight is 484 g/mol. The Balaban J connectivity index is 2.00. The molecule has 6 heteroatoms. The van der Waals surface area contributed by atoms with Crippen molar-refractivity contribution in [3.63, 3.8) is 0 Å². The minimum absolute atomic E-state index is 0.949. The van der Waals surface area contributed by atoms with Gasteiger partial charge in [-0.15, -0.1) is 0 Å². The fraction of sp³-hybridized carbons (Fsp3) is 0.538. The second-order valence-electron chi connectivity index (χ2n) is 4.77. The van der Waals surface area contributed by atoms with Gasteiger partial charge in [0, 0.05) is 24.5 Å². The van der Waals surface area contributed by atoms with E-state index in [2.05, 4.69) is 92.4 Å². The zero-order valence-corrected chi connectivity index (χ0v) is 16.0. The number of aromatic nitrogens is 4. The summed E-state index contributed by atoms with van der Waals surface area (Å²) in [5, 5.41) is 9.13. The van der Waals surface area contributed by atoms with Crippen molar-refractivity contribution in [3.05, 3.63) is 29.9 Å². The molecule has 4 nitrogen and oxygen atoms in total. The summed E-state index contributed by atoms with van der Waals surface area (Å²) in [7, 11) is 0. The molecule has 0 N–H and O–H groups in total. The first-order valence-corrected chi connectivity index (χ1v) is 8.46. The Hall–Kier alpha value is -0.120. The third-order valence-corrected chi connectivity index (χ3v) is 6.45. The molecule has 2 aromatic heterocycles. The van der Waals surface area contributed by atoms with Gasteiger partial charge in [0.1, 0.15) is 0 Å². The Kier molecular flexibility index (Phi) is 4.91. The van der Waals surface area contributed by atoms with Gasteiger partial charge in [-0.05, 0) is 79.3 Å². The van der Waals surface area contributed by atoms with Gasteiger partial charge in [-0.3, -0.25) is 9.36 Å². The van der Waals surface area contributed by atoms with E-state index < -0.39 is 0 Å². The number of nitrogens with zero attached hydrogens (tertiary/aromatic N) is 4. The van der Waals surface area contributed by atoms with E-state index in [9.17, 15) is 0 Å². The molecule has 0 radical (unpaired) electrons. The van der Waals surface area contributed by atoms with Gasteiger partial charge < -0.3 is 0 Å². The largest absolute Gasteiger partial charge is 0.268 e. The van der Waals surface area contributed by atoms with Crippen LogP contribution in [0.25, 0.3) is 0 Å². The van der Waals surface area contributed by atoms with Crippen molar-refractivity contribution in [1.29, 1.82) is 0 Å². The van der Waals surface area contributed by atoms with E-state index in [1.54, 1.807) is 0 Å². The van der Waals surface area contributed by atoms with Gasteiger partial charge in [0.15, 0.2) is 0 Å². The molecular formula is C13H18I2N4. The molecule has 0 aromatic carbocycles. The SMILES string of the molecule is Cc1nn(CCCn2nc(C)c(I)c2C)c(C)c1I. The van der Waals surface area contributed by atoms with Gasteiger partial charge in [0.25, 0.3) is 0 Å². The Morgan fingerprint density at radius 1 is 0.789 bits per heavy atom. The van der Waals surface area contributed by atoms with Crippen molar-refractivity contribution in [1.82, 2.24) is 19.6 Å². The van der Waals surface area contributed by atoms with Gasteiger partial charge in [0.2, 0.25) is 0 Å². The lowest BCUT2D eigenvalue weighted by atomic mass is 10.3. The number of hydrogen-bond donors (Lipinski definition) is 0. The third-order valence-electron chi connectivity index (χ3n) is 3.33. The number of aryl methyl sites for hydroxylation is 4. The Labute approximate surface area is 141 Å². The summed E-state index contributed by atoms with van der Waals surface area (Å²) < 4.78 is 6.76. The van der Waals surface area contributed by atoms with Crippen LogP contribution in [0.2, 0.25) is 0 Å². The van der Waals surface area contributed by atoms with Gasteiger partial charge in [-0.2, -0.15) is 10.2 Å². The highest BCUT2D eigenvalue weighted by Gasteiger charge is 2.10. The average Bonchev–Trinajstić information content (AvgIpc) is 2.76. The molecule has 2 heterocycles. The molecule has 0 bridgehead atoms. The maximum Gasteiger partial charge on any atom is 0.0729 e. The van der Waals surface area contributed by atoms with Crippen molar-refractivity contribution in [2.45, 2.75) is 47.2 Å². The van der Waals surface area contributed by atoms with E-state index >= 15 is 0 Å². The predicted octanol–water partition coefficient (Wildman–Crippen LogP) is 3.61. The summed E-state index contributed by atoms with van der Waals surface area (Å²) in [4.78, 5) is 0. The molecule has 0 fully saturated rings. The molecule has 0 spiro atoms. The molecule has 19 heavy (non-hydrogen) atoms. The number of halogens is 2. The van der Waals surface area contributed by atoms with Crippen LogP contribution >= 0.6 is 45.2 Å². The molecule has 2 aromatic rings. The van der Waals surface area contributed by atoms with Crippen molar-refractivity contribution in [2.24, 2.45) is 0 Å². The van der Waals surface area contributed by atoms with Crippen LogP contribution in [0.15, 0.2) is 0 Å². The number of rotatable bonds is 4. The fourth-order valence-corrected chi connectivity index (χ4v) is 2.93. The first-order valence-electron chi connectivity index (χ1n) is 6.30. The standard InChI is InChI=1S/C13H18I2N4/c1-8-12(14)10(3)18(16-8)6-5-7-19-11(4)13(15)9(2)17-19/h5-7H2,1-4H3. The molecule has 0 atom stereocenters. The Morgan fingerprint density at radius 3 is 1.42 bits per heavy atom. The predicted molar refractivity (Wildman–Crippen MR) is 93.5 cm³/mol. The normalized spacial score (nSPS) is 11.3. The maximum absolute atomic E-state index is 4.56. The van der Waals surface area contributed by atoms with Crippen LogP contribution in [-0.4, -0.2) is 19.6 Å². The van der Waals surface area contributed by atoms with Gasteiger partial charge in [0.05, 0.1) is 18.5 Å². The van der Waals surface area contributed by atoms with E-state index in [1.807, 2.05) is 0 Å². The topological polar surface area (TPSA) is 35.6 Å². The van der Waals surface area contributed by atoms with Gasteiger partial charge >= 0.3 is 0 Å². The monoisotopic (exact) mass is 484 g/mol. The molecule has 2 rings (SSSR count). The molecule has 0 amide bonds. The molecule has 0 saturated heterocycles. The number of hydrogen-bond acceptors (Lipinski definition) is 2. The highest BCUT2D eigenvalue weighted by molar-refractivity contribution is 14.1. The van der Waals surface area contributed by atoms with E-state index in [-0.39, 0.29) is 0 Å². The van der Waals surface area contributed by atoms with Crippen LogP contribution in [-0.2, 0) is 13.1 Å². The van der Waals surface area contributed by atoms with Crippen LogP contribution in [0.4, 0.5) is 0 Å². The summed E-state index contributed by atoms with van der Waals surface area (Å²) in [6.07, 6.45) is 1.05. The first kappa shape index (κ1) is 15.3. The Morgan fingerprint density at radius 2 is 1.16 bits per heavy atom. The molecule has 0 saturated carbocycles. The summed E-state index contributed by atoms with van der Waals surface area (Å²) in [5.41, 5.74) is 4.78. The zero-order chi connectivity index (χ0) is 14.2. The lowest BCUT2D eigenvalue weighted by Gasteiger charge is -2.06. The van der Waals surface area contributed by atoms with E-state index in [0.29, 0.717) is 0 Å². The minimum atomic E-state index is 0.949. The van der Waals surface area contributed by atoms with Gasteiger partial charge in [-0.25, -0.2) is 0 Å². The summed E-state index contributed by atoms with van der Waals surface area (Å²) in [6.45, 7) is 10.3. The smallest absolute Gasteiger partial charge is 0.0729 e. The maximum atomic E-state index is 4.56. The molecule has 0 aliphatic carbocycles. The fourth-order valence-electron chi connectivity index (χ4n) is 2.16. The lowest BCUT2D eigenvalue weighted by Crippen LogP contribution is -2.09. The highest BCUT2D eigenvalue weighted by Crippen LogP contribution is 2.17. The third kappa shape index (κ3) is 3.14. The zero-order valence-electron chi connectivity index (χ0n) is 11.7. The minimum Gasteiger partial charge on any atom is -0.268 e. The van der Waals surface area contributed by atoms with Crippen molar-refractivity contribution in [2.75, 3.05) is 0 Å². The quantitative estimate of drug-likeness (QED) is 0.623. The summed E-state index contributed by atoms with van der Waals surface area (Å²) in [5.74, 6) is 0.